The zero-order valence-corrected chi connectivity index (χ0v) is 16.2. The van der Waals surface area contributed by atoms with Gasteiger partial charge in [-0.1, -0.05) is 6.07 Å². The molecule has 0 atom stereocenters. The highest BCUT2D eigenvalue weighted by Gasteiger charge is 2.26. The van der Waals surface area contributed by atoms with Gasteiger partial charge in [0.05, 0.1) is 17.9 Å². The Morgan fingerprint density at radius 2 is 1.96 bits per heavy atom. The Balaban J connectivity index is 2.08. The smallest absolute Gasteiger partial charge is 0.340 e. The van der Waals surface area contributed by atoms with Crippen molar-refractivity contribution in [1.82, 2.24) is 19.6 Å². The van der Waals surface area contributed by atoms with Crippen LogP contribution in [0.4, 0.5) is 5.69 Å². The summed E-state index contributed by atoms with van der Waals surface area (Å²) in [5.41, 5.74) is 2.40. The van der Waals surface area contributed by atoms with Crippen molar-refractivity contribution in [2.45, 2.75) is 32.9 Å². The van der Waals surface area contributed by atoms with Crippen LogP contribution in [0, 0.1) is 20.8 Å². The van der Waals surface area contributed by atoms with Gasteiger partial charge in [0.1, 0.15) is 0 Å². The number of carbonyl (C=O) groups excluding carboxylic acids is 1. The lowest BCUT2D eigenvalue weighted by molar-refractivity contribution is 0.0527. The highest BCUT2D eigenvalue weighted by molar-refractivity contribution is 7.92. The van der Waals surface area contributed by atoms with Gasteiger partial charge >= 0.3 is 5.97 Å². The first-order valence-electron chi connectivity index (χ1n) is 8.23. The summed E-state index contributed by atoms with van der Waals surface area (Å²) in [5, 5.41) is 3.59. The molecule has 0 radical (unpaired) electrons. The maximum Gasteiger partial charge on any atom is 0.340 e. The van der Waals surface area contributed by atoms with Crippen LogP contribution in [0.2, 0.25) is 0 Å². The molecule has 9 nitrogen and oxygen atoms in total. The van der Waals surface area contributed by atoms with E-state index in [1.165, 1.54) is 16.8 Å². The molecule has 3 aromatic rings. The van der Waals surface area contributed by atoms with Gasteiger partial charge < -0.3 is 4.74 Å². The fraction of sp³-hybridized carbons (Fsp3) is 0.294. The zero-order chi connectivity index (χ0) is 19.8. The Morgan fingerprint density at radius 1 is 1.22 bits per heavy atom. The molecule has 1 N–H and O–H groups in total. The van der Waals surface area contributed by atoms with Gasteiger partial charge in [0, 0.05) is 11.9 Å². The van der Waals surface area contributed by atoms with Crippen LogP contribution in [-0.4, -0.2) is 40.6 Å². The van der Waals surface area contributed by atoms with Crippen LogP contribution >= 0.6 is 0 Å². The molecule has 2 heterocycles. The molecule has 0 aliphatic carbocycles. The topological polar surface area (TPSA) is 116 Å². The predicted octanol–water partition coefficient (Wildman–Crippen LogP) is 2.03. The average Bonchev–Trinajstić information content (AvgIpc) is 3.06. The number of hydrogen-bond acceptors (Lipinski definition) is 7. The summed E-state index contributed by atoms with van der Waals surface area (Å²) < 4.78 is 34.5. The number of carbonyl (C=O) groups is 1. The lowest BCUT2D eigenvalue weighted by Gasteiger charge is -2.15. The van der Waals surface area contributed by atoms with E-state index in [1.807, 2.05) is 6.92 Å². The number of hydrogen-bond donors (Lipinski definition) is 1. The number of aromatic nitrogens is 4. The molecule has 2 aromatic heterocycles. The van der Waals surface area contributed by atoms with E-state index >= 15 is 0 Å². The number of ether oxygens (including phenoxy) is 1. The highest BCUT2D eigenvalue weighted by Crippen LogP contribution is 2.27. The minimum Gasteiger partial charge on any atom is -0.462 e. The third-order valence-electron chi connectivity index (χ3n) is 4.12. The number of fused-ring (bicyclic) bond motifs is 1. The van der Waals surface area contributed by atoms with Gasteiger partial charge in [0.25, 0.3) is 21.0 Å². The van der Waals surface area contributed by atoms with Crippen molar-refractivity contribution in [3.63, 3.8) is 0 Å². The minimum absolute atomic E-state index is 0.126. The van der Waals surface area contributed by atoms with Crippen molar-refractivity contribution >= 4 is 27.5 Å². The van der Waals surface area contributed by atoms with E-state index < -0.39 is 21.1 Å². The van der Waals surface area contributed by atoms with Crippen molar-refractivity contribution in [3.05, 3.63) is 46.8 Å². The van der Waals surface area contributed by atoms with E-state index in [2.05, 4.69) is 19.8 Å². The number of aryl methyl sites for hydroxylation is 2. The van der Waals surface area contributed by atoms with Crippen LogP contribution in [0.5, 0.6) is 0 Å². The molecule has 0 saturated carbocycles. The van der Waals surface area contributed by atoms with E-state index in [-0.39, 0.29) is 23.6 Å². The number of nitrogens with zero attached hydrogens (tertiary/aromatic N) is 4. The van der Waals surface area contributed by atoms with Gasteiger partial charge in [-0.15, -0.1) is 5.10 Å². The molecule has 1 aromatic carbocycles. The van der Waals surface area contributed by atoms with Crippen molar-refractivity contribution in [2.24, 2.45) is 0 Å². The molecule has 0 aliphatic heterocycles. The molecule has 3 rings (SSSR count). The maximum absolute atomic E-state index is 12.8. The van der Waals surface area contributed by atoms with E-state index in [4.69, 9.17) is 4.74 Å². The molecule has 142 valence electrons. The predicted molar refractivity (Wildman–Crippen MR) is 98.2 cm³/mol. The summed E-state index contributed by atoms with van der Waals surface area (Å²) >= 11 is 0. The van der Waals surface area contributed by atoms with Crippen molar-refractivity contribution in [1.29, 1.82) is 0 Å². The first-order valence-corrected chi connectivity index (χ1v) is 9.71. The number of anilines is 1. The summed E-state index contributed by atoms with van der Waals surface area (Å²) in [6.07, 6.45) is 1.52. The molecule has 0 amide bonds. The quantitative estimate of drug-likeness (QED) is 0.664. The SMILES string of the molecule is CCOC(=O)c1ccc(C)c(C)c1NS(=O)(=O)c1nc2nccc(C)n2n1. The summed E-state index contributed by atoms with van der Waals surface area (Å²) in [6, 6.07) is 4.95. The van der Waals surface area contributed by atoms with Crippen LogP contribution in [0.25, 0.3) is 5.78 Å². The largest absolute Gasteiger partial charge is 0.462 e. The second-order valence-corrected chi connectivity index (χ2v) is 7.52. The number of benzene rings is 1. The number of sulfonamides is 1. The third-order valence-corrected chi connectivity index (χ3v) is 5.24. The number of rotatable bonds is 5. The Kier molecular flexibility index (Phi) is 4.83. The summed E-state index contributed by atoms with van der Waals surface area (Å²) in [4.78, 5) is 20.2. The second-order valence-electron chi connectivity index (χ2n) is 5.95. The minimum atomic E-state index is -4.14. The molecule has 10 heteroatoms. The normalized spacial score (nSPS) is 11.6. The number of nitrogens with one attached hydrogen (secondary N) is 1. The molecular weight excluding hydrogens is 370 g/mol. The van der Waals surface area contributed by atoms with Gasteiger partial charge in [-0.05, 0) is 51.0 Å². The Morgan fingerprint density at radius 3 is 2.63 bits per heavy atom. The maximum atomic E-state index is 12.8. The molecule has 0 fully saturated rings. The second kappa shape index (κ2) is 6.95. The highest BCUT2D eigenvalue weighted by atomic mass is 32.2. The monoisotopic (exact) mass is 389 g/mol. The van der Waals surface area contributed by atoms with E-state index in [0.29, 0.717) is 11.3 Å². The summed E-state index contributed by atoms with van der Waals surface area (Å²) in [7, 11) is -4.14. The Bertz CT molecular complexity index is 1140. The molecule has 0 unspecified atom stereocenters. The lowest BCUT2D eigenvalue weighted by atomic mass is 10.0. The average molecular weight is 389 g/mol. The Hall–Kier alpha value is -3.01. The van der Waals surface area contributed by atoms with E-state index in [9.17, 15) is 13.2 Å². The van der Waals surface area contributed by atoms with Crippen molar-refractivity contribution in [2.75, 3.05) is 11.3 Å². The van der Waals surface area contributed by atoms with Crippen LogP contribution in [0.15, 0.2) is 29.6 Å². The van der Waals surface area contributed by atoms with Crippen molar-refractivity contribution < 1.29 is 17.9 Å². The van der Waals surface area contributed by atoms with Crippen LogP contribution in [0.1, 0.15) is 34.1 Å². The first kappa shape index (κ1) is 18.8. The van der Waals surface area contributed by atoms with Crippen LogP contribution in [0.3, 0.4) is 0 Å². The van der Waals surface area contributed by atoms with Crippen molar-refractivity contribution in [3.8, 4) is 0 Å². The van der Waals surface area contributed by atoms with Gasteiger partial charge in [0.2, 0.25) is 0 Å². The molecule has 0 saturated heterocycles. The van der Waals surface area contributed by atoms with Gasteiger partial charge in [-0.2, -0.15) is 13.4 Å². The molecular formula is C17H19N5O4S. The molecule has 0 bridgehead atoms. The molecule has 27 heavy (non-hydrogen) atoms. The van der Waals surface area contributed by atoms with Gasteiger partial charge in [0.15, 0.2) is 0 Å². The fourth-order valence-corrected chi connectivity index (χ4v) is 3.52. The molecule has 0 aliphatic rings. The first-order chi connectivity index (χ1) is 12.7. The van der Waals surface area contributed by atoms with E-state index in [1.54, 1.807) is 32.9 Å². The number of esters is 1. The Labute approximate surface area is 156 Å². The van der Waals surface area contributed by atoms with E-state index in [0.717, 1.165) is 5.56 Å². The van der Waals surface area contributed by atoms with Gasteiger partial charge in [-0.3, -0.25) is 4.72 Å². The summed E-state index contributed by atoms with van der Waals surface area (Å²) in [6.45, 7) is 7.16. The lowest BCUT2D eigenvalue weighted by Crippen LogP contribution is -2.19. The molecule has 0 spiro atoms. The van der Waals surface area contributed by atoms with Crippen LogP contribution in [-0.2, 0) is 14.8 Å². The third kappa shape index (κ3) is 3.47. The standard InChI is InChI=1S/C17H19N5O4S/c1-5-26-15(23)13-7-6-10(2)12(4)14(13)21-27(24,25)17-19-16-18-9-8-11(3)22(16)20-17/h6-9,21H,5H2,1-4H3. The summed E-state index contributed by atoms with van der Waals surface area (Å²) in [5.74, 6) is -0.444. The fourth-order valence-electron chi connectivity index (χ4n) is 2.51. The zero-order valence-electron chi connectivity index (χ0n) is 15.3. The van der Waals surface area contributed by atoms with Gasteiger partial charge in [-0.25, -0.2) is 14.3 Å². The van der Waals surface area contributed by atoms with Crippen LogP contribution < -0.4 is 4.72 Å².